The zero-order chi connectivity index (χ0) is 13.9. The van der Waals surface area contributed by atoms with Crippen molar-refractivity contribution in [2.45, 2.75) is 32.1 Å². The summed E-state index contributed by atoms with van der Waals surface area (Å²) in [6, 6.07) is 0. The molecule has 20 heavy (non-hydrogen) atoms. The molecule has 2 heterocycles. The van der Waals surface area contributed by atoms with Crippen LogP contribution in [0.3, 0.4) is 0 Å². The van der Waals surface area contributed by atoms with Crippen molar-refractivity contribution in [2.75, 3.05) is 30.0 Å². The second-order valence-electron chi connectivity index (χ2n) is 5.28. The normalized spacial score (nSPS) is 24.6. The number of ether oxygens (including phenoxy) is 1. The Morgan fingerprint density at radius 3 is 3.15 bits per heavy atom. The van der Waals surface area contributed by atoms with Crippen molar-refractivity contribution in [1.29, 1.82) is 0 Å². The van der Waals surface area contributed by atoms with Crippen LogP contribution in [0.1, 0.15) is 36.3 Å². The van der Waals surface area contributed by atoms with Gasteiger partial charge in [-0.25, -0.2) is 4.98 Å². The van der Waals surface area contributed by atoms with Gasteiger partial charge in [0.25, 0.3) is 0 Å². The van der Waals surface area contributed by atoms with Crippen molar-refractivity contribution in [3.8, 4) is 0 Å². The van der Waals surface area contributed by atoms with E-state index >= 15 is 0 Å². The smallest absolute Gasteiger partial charge is 0.315 e. The lowest BCUT2D eigenvalue weighted by molar-refractivity contribution is -0.145. The lowest BCUT2D eigenvalue weighted by Crippen LogP contribution is -2.15. The Kier molecular flexibility index (Phi) is 4.51. The first-order valence-corrected chi connectivity index (χ1v) is 9.23. The van der Waals surface area contributed by atoms with E-state index in [-0.39, 0.29) is 11.9 Å². The summed E-state index contributed by atoms with van der Waals surface area (Å²) in [6.45, 7) is 3.30. The molecule has 0 spiro atoms. The number of aromatic nitrogens is 1. The van der Waals surface area contributed by atoms with E-state index in [0.29, 0.717) is 6.61 Å². The number of aryl methyl sites for hydroxylation is 1. The summed E-state index contributed by atoms with van der Waals surface area (Å²) in [4.78, 5) is 17.8. The first-order chi connectivity index (χ1) is 9.78. The van der Waals surface area contributed by atoms with Crippen molar-refractivity contribution in [2.24, 2.45) is 5.92 Å². The number of hydrogen-bond donors (Lipinski definition) is 1. The van der Waals surface area contributed by atoms with Gasteiger partial charge in [0.2, 0.25) is 0 Å². The van der Waals surface area contributed by atoms with Crippen LogP contribution in [0.2, 0.25) is 0 Å². The van der Waals surface area contributed by atoms with Gasteiger partial charge in [0.1, 0.15) is 5.92 Å². The quantitative estimate of drug-likeness (QED) is 0.847. The molecule has 1 saturated heterocycles. The molecule has 2 aliphatic rings. The molecule has 6 heteroatoms. The van der Waals surface area contributed by atoms with Crippen molar-refractivity contribution in [3.63, 3.8) is 0 Å². The van der Waals surface area contributed by atoms with Gasteiger partial charge in [-0.15, -0.1) is 11.3 Å². The Hall–Kier alpha value is -0.750. The molecule has 1 N–H and O–H groups in total. The maximum atomic E-state index is 11.9. The number of nitrogens with one attached hydrogen (secondary N) is 1. The molecule has 4 nitrogen and oxygen atoms in total. The molecule has 3 rings (SSSR count). The average Bonchev–Trinajstić information content (AvgIpc) is 3.13. The number of thiazole rings is 1. The number of thioether (sulfide) groups is 1. The van der Waals surface area contributed by atoms with Crippen LogP contribution >= 0.6 is 23.1 Å². The number of fused-ring (bicyclic) bond motifs is 1. The highest BCUT2D eigenvalue weighted by Gasteiger charge is 2.33. The van der Waals surface area contributed by atoms with Crippen molar-refractivity contribution >= 4 is 34.2 Å². The second-order valence-corrected chi connectivity index (χ2v) is 7.51. The van der Waals surface area contributed by atoms with E-state index in [1.165, 1.54) is 22.8 Å². The molecule has 2 unspecified atom stereocenters. The number of hydrogen-bond acceptors (Lipinski definition) is 6. The van der Waals surface area contributed by atoms with Crippen LogP contribution in [0.5, 0.6) is 0 Å². The largest absolute Gasteiger partial charge is 0.465 e. The van der Waals surface area contributed by atoms with E-state index in [4.69, 9.17) is 4.74 Å². The van der Waals surface area contributed by atoms with Crippen LogP contribution in [0.15, 0.2) is 0 Å². The third-order valence-corrected chi connectivity index (χ3v) is 6.17. The number of anilines is 1. The molecule has 1 fully saturated rings. The summed E-state index contributed by atoms with van der Waals surface area (Å²) < 4.78 is 5.14. The molecule has 2 atom stereocenters. The Bertz CT molecular complexity index is 484. The zero-order valence-corrected chi connectivity index (χ0v) is 13.3. The van der Waals surface area contributed by atoms with E-state index in [2.05, 4.69) is 10.3 Å². The minimum atomic E-state index is -0.140. The summed E-state index contributed by atoms with van der Waals surface area (Å²) in [7, 11) is 0. The van der Waals surface area contributed by atoms with Crippen molar-refractivity contribution in [1.82, 2.24) is 4.98 Å². The van der Waals surface area contributed by atoms with Crippen LogP contribution in [-0.4, -0.2) is 35.6 Å². The number of carbonyl (C=O) groups is 1. The predicted molar refractivity (Wildman–Crippen MR) is 83.7 cm³/mol. The van der Waals surface area contributed by atoms with E-state index in [1.807, 2.05) is 18.7 Å². The highest BCUT2D eigenvalue weighted by atomic mass is 32.2. The van der Waals surface area contributed by atoms with Gasteiger partial charge in [0.15, 0.2) is 5.13 Å². The highest BCUT2D eigenvalue weighted by Crippen LogP contribution is 2.39. The third kappa shape index (κ3) is 2.96. The SMILES string of the molecule is CCOC(=O)C1CCc2sc(NCC3CCSC3)nc21. The maximum absolute atomic E-state index is 11.9. The van der Waals surface area contributed by atoms with Gasteiger partial charge in [-0.2, -0.15) is 11.8 Å². The minimum absolute atomic E-state index is 0.115. The van der Waals surface area contributed by atoms with Crippen LogP contribution in [-0.2, 0) is 16.0 Å². The fraction of sp³-hybridized carbons (Fsp3) is 0.714. The zero-order valence-electron chi connectivity index (χ0n) is 11.7. The van der Waals surface area contributed by atoms with E-state index in [9.17, 15) is 4.79 Å². The van der Waals surface area contributed by atoms with E-state index < -0.39 is 0 Å². The average molecular weight is 312 g/mol. The number of esters is 1. The topological polar surface area (TPSA) is 51.2 Å². The lowest BCUT2D eigenvalue weighted by Gasteiger charge is -2.09. The molecule has 0 amide bonds. The Morgan fingerprint density at radius 1 is 1.50 bits per heavy atom. The van der Waals surface area contributed by atoms with Gasteiger partial charge < -0.3 is 10.1 Å². The lowest BCUT2D eigenvalue weighted by atomic mass is 10.1. The molecule has 1 aromatic rings. The van der Waals surface area contributed by atoms with Crippen LogP contribution in [0.25, 0.3) is 0 Å². The van der Waals surface area contributed by atoms with Gasteiger partial charge in [0, 0.05) is 11.4 Å². The summed E-state index contributed by atoms with van der Waals surface area (Å²) in [5, 5.41) is 4.42. The molecule has 0 bridgehead atoms. The molecule has 0 aromatic carbocycles. The molecular formula is C14H20N2O2S2. The first-order valence-electron chi connectivity index (χ1n) is 7.25. The molecule has 1 aliphatic carbocycles. The molecular weight excluding hydrogens is 292 g/mol. The first kappa shape index (κ1) is 14.2. The van der Waals surface area contributed by atoms with Gasteiger partial charge in [-0.3, -0.25) is 4.79 Å². The van der Waals surface area contributed by atoms with Gasteiger partial charge in [-0.05, 0) is 43.6 Å². The van der Waals surface area contributed by atoms with Crippen LogP contribution in [0, 0.1) is 5.92 Å². The summed E-state index contributed by atoms with van der Waals surface area (Å²) in [5.41, 5.74) is 0.955. The van der Waals surface area contributed by atoms with Gasteiger partial charge in [-0.1, -0.05) is 0 Å². The number of carbonyl (C=O) groups excluding carboxylic acids is 1. The molecule has 1 aromatic heterocycles. The van der Waals surface area contributed by atoms with Gasteiger partial charge >= 0.3 is 5.97 Å². The molecule has 110 valence electrons. The van der Waals surface area contributed by atoms with Crippen molar-refractivity contribution < 1.29 is 9.53 Å². The predicted octanol–water partition coefficient (Wildman–Crippen LogP) is 2.90. The van der Waals surface area contributed by atoms with E-state index in [0.717, 1.165) is 36.1 Å². The van der Waals surface area contributed by atoms with Crippen LogP contribution in [0.4, 0.5) is 5.13 Å². The van der Waals surface area contributed by atoms with Crippen LogP contribution < -0.4 is 5.32 Å². The fourth-order valence-electron chi connectivity index (χ4n) is 2.75. The Labute approximate surface area is 127 Å². The third-order valence-electron chi connectivity index (χ3n) is 3.85. The summed E-state index contributed by atoms with van der Waals surface area (Å²) >= 11 is 3.74. The summed E-state index contributed by atoms with van der Waals surface area (Å²) in [5.74, 6) is 3.04. The molecule has 1 aliphatic heterocycles. The fourth-order valence-corrected chi connectivity index (χ4v) is 5.08. The van der Waals surface area contributed by atoms with E-state index in [1.54, 1.807) is 11.3 Å². The highest BCUT2D eigenvalue weighted by molar-refractivity contribution is 7.99. The Morgan fingerprint density at radius 2 is 2.40 bits per heavy atom. The van der Waals surface area contributed by atoms with Crippen molar-refractivity contribution in [3.05, 3.63) is 10.6 Å². The minimum Gasteiger partial charge on any atom is -0.465 e. The standard InChI is InChI=1S/C14H20N2O2S2/c1-2-18-13(17)10-3-4-11-12(10)16-14(20-11)15-7-9-5-6-19-8-9/h9-10H,2-8H2,1H3,(H,15,16). The van der Waals surface area contributed by atoms with Gasteiger partial charge in [0.05, 0.1) is 12.3 Å². The Balaban J connectivity index is 1.62. The molecule has 0 radical (unpaired) electrons. The monoisotopic (exact) mass is 312 g/mol. The second kappa shape index (κ2) is 6.35. The maximum Gasteiger partial charge on any atom is 0.315 e. The molecule has 0 saturated carbocycles. The summed E-state index contributed by atoms with van der Waals surface area (Å²) in [6.07, 6.45) is 3.11. The number of nitrogens with zero attached hydrogens (tertiary/aromatic N) is 1. The number of rotatable bonds is 5.